The summed E-state index contributed by atoms with van der Waals surface area (Å²) in [5.41, 5.74) is 2.11. The van der Waals surface area contributed by atoms with E-state index in [0.29, 0.717) is 12.2 Å². The monoisotopic (exact) mass is 405 g/mol. The Morgan fingerprint density at radius 3 is 2.45 bits per heavy atom. The Kier molecular flexibility index (Phi) is 5.67. The second-order valence-corrected chi connectivity index (χ2v) is 7.50. The van der Waals surface area contributed by atoms with Crippen molar-refractivity contribution in [3.8, 4) is 10.7 Å². The molecule has 29 heavy (non-hydrogen) atoms. The van der Waals surface area contributed by atoms with Gasteiger partial charge in [0.15, 0.2) is 5.82 Å². The van der Waals surface area contributed by atoms with Gasteiger partial charge in [-0.25, -0.2) is 9.36 Å². The lowest BCUT2D eigenvalue weighted by molar-refractivity contribution is -0.122. The molecule has 0 aliphatic rings. The largest absolute Gasteiger partial charge is 0.442 e. The number of aromatic nitrogens is 2. The van der Waals surface area contributed by atoms with Crippen LogP contribution in [0.2, 0.25) is 0 Å². The van der Waals surface area contributed by atoms with E-state index in [4.69, 9.17) is 4.52 Å². The van der Waals surface area contributed by atoms with Crippen LogP contribution in [0.1, 0.15) is 17.2 Å². The summed E-state index contributed by atoms with van der Waals surface area (Å²) in [4.78, 5) is 25.7. The Labute approximate surface area is 171 Å². The minimum absolute atomic E-state index is 0.159. The number of nitrogens with one attached hydrogen (secondary N) is 1. The van der Waals surface area contributed by atoms with E-state index < -0.39 is 5.76 Å². The minimum Gasteiger partial charge on any atom is -0.347 e. The van der Waals surface area contributed by atoms with Crippen LogP contribution in [0.4, 0.5) is 0 Å². The molecule has 4 rings (SSSR count). The van der Waals surface area contributed by atoms with Gasteiger partial charge in [-0.2, -0.15) is 0 Å². The van der Waals surface area contributed by atoms with Gasteiger partial charge in [0.2, 0.25) is 5.91 Å². The topological polar surface area (TPSA) is 77.1 Å². The summed E-state index contributed by atoms with van der Waals surface area (Å²) in [6.45, 7) is -0.159. The first-order valence-corrected chi connectivity index (χ1v) is 10.1. The quantitative estimate of drug-likeness (QED) is 0.509. The third-order valence-electron chi connectivity index (χ3n) is 4.55. The second-order valence-electron chi connectivity index (χ2n) is 6.56. The van der Waals surface area contributed by atoms with E-state index in [9.17, 15) is 9.59 Å². The van der Waals surface area contributed by atoms with Gasteiger partial charge in [0, 0.05) is 0 Å². The van der Waals surface area contributed by atoms with Crippen LogP contribution < -0.4 is 11.1 Å². The number of benzene rings is 2. The van der Waals surface area contributed by atoms with Crippen molar-refractivity contribution in [3.63, 3.8) is 0 Å². The van der Waals surface area contributed by atoms with Gasteiger partial charge < -0.3 is 5.32 Å². The standard InChI is InChI=1S/C22H19N3O3S/c26-20(15-25-21(24-28-22(25)27)19-12-7-13-29-19)23-18(17-10-5-2-6-11-17)14-16-8-3-1-4-9-16/h1-13,18H,14-15H2,(H,23,26). The van der Waals surface area contributed by atoms with E-state index in [1.165, 1.54) is 15.9 Å². The Bertz CT molecular complexity index is 1120. The molecule has 4 aromatic rings. The van der Waals surface area contributed by atoms with Gasteiger partial charge in [-0.3, -0.25) is 9.32 Å². The lowest BCUT2D eigenvalue weighted by Gasteiger charge is -2.19. The number of nitrogens with zero attached hydrogens (tertiary/aromatic N) is 2. The Balaban J connectivity index is 1.55. The molecule has 0 saturated carbocycles. The van der Waals surface area contributed by atoms with Crippen molar-refractivity contribution < 1.29 is 9.32 Å². The number of amides is 1. The summed E-state index contributed by atoms with van der Waals surface area (Å²) in [6.07, 6.45) is 0.646. The van der Waals surface area contributed by atoms with Gasteiger partial charge >= 0.3 is 5.76 Å². The number of hydrogen-bond donors (Lipinski definition) is 1. The predicted molar refractivity (Wildman–Crippen MR) is 112 cm³/mol. The molecule has 1 N–H and O–H groups in total. The van der Waals surface area contributed by atoms with E-state index in [0.717, 1.165) is 16.0 Å². The number of carbonyl (C=O) groups is 1. The highest BCUT2D eigenvalue weighted by atomic mass is 32.1. The molecule has 146 valence electrons. The van der Waals surface area contributed by atoms with Crippen LogP contribution in [0, 0.1) is 0 Å². The SMILES string of the molecule is O=C(Cn1c(-c2cccs2)noc1=O)NC(Cc1ccccc1)c1ccccc1. The molecule has 0 aliphatic carbocycles. The fourth-order valence-corrected chi connectivity index (χ4v) is 3.88. The molecule has 2 aromatic carbocycles. The minimum atomic E-state index is -0.650. The molecule has 1 atom stereocenters. The smallest absolute Gasteiger partial charge is 0.347 e. The number of rotatable bonds is 7. The fourth-order valence-electron chi connectivity index (χ4n) is 3.16. The van der Waals surface area contributed by atoms with Crippen LogP contribution in [0.25, 0.3) is 10.7 Å². The molecule has 7 heteroatoms. The van der Waals surface area contributed by atoms with Crippen LogP contribution in [-0.4, -0.2) is 15.6 Å². The Hall–Kier alpha value is -3.45. The van der Waals surface area contributed by atoms with E-state index in [2.05, 4.69) is 10.5 Å². The molecule has 6 nitrogen and oxygen atoms in total. The van der Waals surface area contributed by atoms with E-state index in [1.807, 2.05) is 78.2 Å². The highest BCUT2D eigenvalue weighted by Gasteiger charge is 2.20. The van der Waals surface area contributed by atoms with Crippen molar-refractivity contribution in [3.05, 3.63) is 99.9 Å². The van der Waals surface area contributed by atoms with Crippen molar-refractivity contribution >= 4 is 17.2 Å². The summed E-state index contributed by atoms with van der Waals surface area (Å²) in [5.74, 6) is -0.569. The van der Waals surface area contributed by atoms with Gasteiger partial charge in [0.05, 0.1) is 10.9 Å². The van der Waals surface area contributed by atoms with Gasteiger partial charge in [0.1, 0.15) is 6.54 Å². The lowest BCUT2D eigenvalue weighted by Crippen LogP contribution is -2.35. The number of thiophene rings is 1. The maximum absolute atomic E-state index is 12.8. The number of hydrogen-bond acceptors (Lipinski definition) is 5. The van der Waals surface area contributed by atoms with Crippen LogP contribution >= 0.6 is 11.3 Å². The van der Waals surface area contributed by atoms with Crippen molar-refractivity contribution in [2.24, 2.45) is 0 Å². The molecule has 1 amide bonds. The summed E-state index contributed by atoms with van der Waals surface area (Å²) in [5, 5.41) is 8.76. The zero-order valence-electron chi connectivity index (χ0n) is 15.5. The molecule has 0 fully saturated rings. The molecule has 2 aromatic heterocycles. The normalized spacial score (nSPS) is 11.9. The first-order valence-electron chi connectivity index (χ1n) is 9.19. The molecular weight excluding hydrogens is 386 g/mol. The Morgan fingerprint density at radius 2 is 1.76 bits per heavy atom. The third-order valence-corrected chi connectivity index (χ3v) is 5.42. The van der Waals surface area contributed by atoms with Crippen molar-refractivity contribution in [1.29, 1.82) is 0 Å². The summed E-state index contributed by atoms with van der Waals surface area (Å²) < 4.78 is 6.05. The van der Waals surface area contributed by atoms with E-state index in [-0.39, 0.29) is 18.5 Å². The van der Waals surface area contributed by atoms with Crippen LogP contribution in [0.5, 0.6) is 0 Å². The van der Waals surface area contributed by atoms with E-state index in [1.54, 1.807) is 0 Å². The van der Waals surface area contributed by atoms with Crippen molar-refractivity contribution in [2.45, 2.75) is 19.0 Å². The summed E-state index contributed by atoms with van der Waals surface area (Å²) in [6, 6.07) is 23.2. The summed E-state index contributed by atoms with van der Waals surface area (Å²) >= 11 is 1.43. The average molecular weight is 405 g/mol. The predicted octanol–water partition coefficient (Wildman–Crippen LogP) is 3.67. The zero-order chi connectivity index (χ0) is 20.1. The Morgan fingerprint density at radius 1 is 1.03 bits per heavy atom. The first-order chi connectivity index (χ1) is 14.2. The fraction of sp³-hybridized carbons (Fsp3) is 0.136. The lowest BCUT2D eigenvalue weighted by atomic mass is 9.99. The van der Waals surface area contributed by atoms with Crippen molar-refractivity contribution in [2.75, 3.05) is 0 Å². The second kappa shape index (κ2) is 8.70. The molecular formula is C22H19N3O3S. The molecule has 0 spiro atoms. The highest BCUT2D eigenvalue weighted by molar-refractivity contribution is 7.13. The van der Waals surface area contributed by atoms with Crippen LogP contribution in [-0.2, 0) is 17.8 Å². The molecule has 0 radical (unpaired) electrons. The van der Waals surface area contributed by atoms with Crippen LogP contribution in [0.3, 0.4) is 0 Å². The maximum atomic E-state index is 12.8. The van der Waals surface area contributed by atoms with Crippen LogP contribution in [0.15, 0.2) is 87.5 Å². The average Bonchev–Trinajstić information content (AvgIpc) is 3.39. The molecule has 1 unspecified atom stereocenters. The van der Waals surface area contributed by atoms with Gasteiger partial charge in [-0.1, -0.05) is 71.9 Å². The first kappa shape index (κ1) is 18.9. The maximum Gasteiger partial charge on any atom is 0.442 e. The van der Waals surface area contributed by atoms with E-state index >= 15 is 0 Å². The van der Waals surface area contributed by atoms with Crippen molar-refractivity contribution in [1.82, 2.24) is 15.0 Å². The third kappa shape index (κ3) is 4.52. The van der Waals surface area contributed by atoms with Gasteiger partial charge in [-0.15, -0.1) is 11.3 Å². The molecule has 0 aliphatic heterocycles. The number of carbonyl (C=O) groups excluding carboxylic acids is 1. The molecule has 0 bridgehead atoms. The molecule has 0 saturated heterocycles. The summed E-state index contributed by atoms with van der Waals surface area (Å²) in [7, 11) is 0. The van der Waals surface area contributed by atoms with Gasteiger partial charge in [0.25, 0.3) is 0 Å². The molecule has 2 heterocycles. The highest BCUT2D eigenvalue weighted by Crippen LogP contribution is 2.22. The van der Waals surface area contributed by atoms with Gasteiger partial charge in [-0.05, 0) is 29.0 Å². The zero-order valence-corrected chi connectivity index (χ0v) is 16.3.